The lowest BCUT2D eigenvalue weighted by atomic mass is 10.1. The molecule has 2 nitrogen and oxygen atoms in total. The van der Waals surface area contributed by atoms with Crippen molar-refractivity contribution in [2.24, 2.45) is 4.99 Å². The largest absolute Gasteiger partial charge is 0.488 e. The molecule has 0 aromatic heterocycles. The average Bonchev–Trinajstić information content (AvgIpc) is 2.63. The topological polar surface area (TPSA) is 21.6 Å². The maximum Gasteiger partial charge on any atom is 0.128 e. The van der Waals surface area contributed by atoms with Crippen LogP contribution in [0.25, 0.3) is 0 Å². The molecule has 0 N–H and O–H groups in total. The first-order chi connectivity index (χ1) is 12.1. The van der Waals surface area contributed by atoms with Crippen LogP contribution >= 0.6 is 15.9 Å². The molecule has 0 atom stereocenters. The number of ether oxygens (including phenoxy) is 1. The van der Waals surface area contributed by atoms with Gasteiger partial charge in [-0.05, 0) is 60.9 Å². The van der Waals surface area contributed by atoms with Crippen LogP contribution in [-0.2, 0) is 6.61 Å². The molecule has 0 unspecified atom stereocenters. The highest BCUT2D eigenvalue weighted by Gasteiger charge is 2.04. The van der Waals surface area contributed by atoms with Crippen molar-refractivity contribution in [3.63, 3.8) is 0 Å². The minimum atomic E-state index is 0.535. The van der Waals surface area contributed by atoms with Crippen LogP contribution < -0.4 is 4.74 Å². The molecule has 3 aromatic rings. The standard InChI is InChI=1S/C22H20BrNO/c1-16-8-10-21(12-17(16)2)24-14-19-13-20(23)9-11-22(19)25-15-18-6-4-3-5-7-18/h3-14H,15H2,1-2H3. The molecule has 3 aromatic carbocycles. The predicted molar refractivity (Wildman–Crippen MR) is 108 cm³/mol. The van der Waals surface area contributed by atoms with Gasteiger partial charge in [-0.2, -0.15) is 0 Å². The Bertz CT molecular complexity index is 888. The minimum absolute atomic E-state index is 0.535. The first-order valence-corrected chi connectivity index (χ1v) is 8.99. The number of halogens is 1. The summed E-state index contributed by atoms with van der Waals surface area (Å²) in [4.78, 5) is 4.61. The van der Waals surface area contributed by atoms with E-state index in [0.29, 0.717) is 6.61 Å². The number of hydrogen-bond donors (Lipinski definition) is 0. The Morgan fingerprint density at radius 1 is 0.920 bits per heavy atom. The van der Waals surface area contributed by atoms with Crippen molar-refractivity contribution in [2.45, 2.75) is 20.5 Å². The van der Waals surface area contributed by atoms with E-state index in [0.717, 1.165) is 27.0 Å². The van der Waals surface area contributed by atoms with Gasteiger partial charge < -0.3 is 4.74 Å². The summed E-state index contributed by atoms with van der Waals surface area (Å²) in [5, 5.41) is 0. The third kappa shape index (κ3) is 4.80. The van der Waals surface area contributed by atoms with Crippen LogP contribution in [0, 0.1) is 13.8 Å². The molecule has 0 amide bonds. The Morgan fingerprint density at radius 3 is 2.48 bits per heavy atom. The molecule has 3 rings (SSSR count). The number of aryl methyl sites for hydroxylation is 2. The third-order valence-corrected chi connectivity index (χ3v) is 4.55. The van der Waals surface area contributed by atoms with Crippen molar-refractivity contribution in [2.75, 3.05) is 0 Å². The maximum absolute atomic E-state index is 6.00. The zero-order valence-corrected chi connectivity index (χ0v) is 16.0. The molecule has 0 bridgehead atoms. The lowest BCUT2D eigenvalue weighted by Gasteiger charge is -2.10. The average molecular weight is 394 g/mol. The van der Waals surface area contributed by atoms with E-state index in [1.807, 2.05) is 48.7 Å². The molecule has 0 radical (unpaired) electrons. The summed E-state index contributed by atoms with van der Waals surface area (Å²) >= 11 is 3.52. The van der Waals surface area contributed by atoms with E-state index in [1.54, 1.807) is 0 Å². The second-order valence-corrected chi connectivity index (χ2v) is 6.90. The van der Waals surface area contributed by atoms with E-state index in [-0.39, 0.29) is 0 Å². The normalized spacial score (nSPS) is 11.0. The zero-order chi connectivity index (χ0) is 17.6. The van der Waals surface area contributed by atoms with E-state index in [9.17, 15) is 0 Å². The summed E-state index contributed by atoms with van der Waals surface area (Å²) in [6.45, 7) is 4.74. The Balaban J connectivity index is 1.81. The molecule has 0 saturated carbocycles. The van der Waals surface area contributed by atoms with E-state index in [1.165, 1.54) is 11.1 Å². The fraction of sp³-hybridized carbons (Fsp3) is 0.136. The second-order valence-electron chi connectivity index (χ2n) is 5.98. The fourth-order valence-corrected chi connectivity index (χ4v) is 2.82. The Morgan fingerprint density at radius 2 is 1.72 bits per heavy atom. The lowest BCUT2D eigenvalue weighted by Crippen LogP contribution is -1.98. The first-order valence-electron chi connectivity index (χ1n) is 8.19. The number of hydrogen-bond acceptors (Lipinski definition) is 2. The fourth-order valence-electron chi connectivity index (χ4n) is 2.44. The molecule has 0 heterocycles. The molecule has 0 fully saturated rings. The van der Waals surface area contributed by atoms with Crippen LogP contribution in [0.1, 0.15) is 22.3 Å². The van der Waals surface area contributed by atoms with Gasteiger partial charge in [0, 0.05) is 16.3 Å². The predicted octanol–water partition coefficient (Wildman–Crippen LogP) is 6.40. The van der Waals surface area contributed by atoms with E-state index < -0.39 is 0 Å². The molecular weight excluding hydrogens is 374 g/mol. The summed E-state index contributed by atoms with van der Waals surface area (Å²) in [6, 6.07) is 22.3. The Labute approximate surface area is 157 Å². The monoisotopic (exact) mass is 393 g/mol. The van der Waals surface area contributed by atoms with Crippen LogP contribution in [0.15, 0.2) is 76.2 Å². The van der Waals surface area contributed by atoms with Crippen molar-refractivity contribution < 1.29 is 4.74 Å². The van der Waals surface area contributed by atoms with E-state index in [4.69, 9.17) is 4.74 Å². The van der Waals surface area contributed by atoms with E-state index in [2.05, 4.69) is 59.0 Å². The highest BCUT2D eigenvalue weighted by atomic mass is 79.9. The van der Waals surface area contributed by atoms with Gasteiger partial charge in [0.05, 0.1) is 5.69 Å². The van der Waals surface area contributed by atoms with Crippen LogP contribution in [0.4, 0.5) is 5.69 Å². The molecule has 0 aliphatic rings. The van der Waals surface area contributed by atoms with Crippen molar-refractivity contribution >= 4 is 27.8 Å². The summed E-state index contributed by atoms with van der Waals surface area (Å²) in [6.07, 6.45) is 1.86. The molecule has 3 heteroatoms. The van der Waals surface area contributed by atoms with Gasteiger partial charge in [0.25, 0.3) is 0 Å². The SMILES string of the molecule is Cc1ccc(N=Cc2cc(Br)ccc2OCc2ccccc2)cc1C. The van der Waals surface area contributed by atoms with Crippen LogP contribution in [-0.4, -0.2) is 6.21 Å². The zero-order valence-electron chi connectivity index (χ0n) is 14.4. The Hall–Kier alpha value is -2.39. The van der Waals surface area contributed by atoms with Gasteiger partial charge in [-0.1, -0.05) is 52.3 Å². The molecule has 0 spiro atoms. The van der Waals surface area contributed by atoms with Crippen molar-refractivity contribution in [1.29, 1.82) is 0 Å². The van der Waals surface area contributed by atoms with Crippen molar-refractivity contribution in [3.05, 3.63) is 93.5 Å². The Kier molecular flexibility index (Phi) is 5.67. The first kappa shape index (κ1) is 17.4. The number of aliphatic imine (C=N–C) groups is 1. The van der Waals surface area contributed by atoms with Crippen LogP contribution in [0.5, 0.6) is 5.75 Å². The summed E-state index contributed by atoms with van der Waals surface area (Å²) < 4.78 is 7.00. The van der Waals surface area contributed by atoms with Crippen LogP contribution in [0.3, 0.4) is 0 Å². The maximum atomic E-state index is 6.00. The number of nitrogens with zero attached hydrogens (tertiary/aromatic N) is 1. The van der Waals surface area contributed by atoms with Gasteiger partial charge in [0.1, 0.15) is 12.4 Å². The van der Waals surface area contributed by atoms with Gasteiger partial charge in [0.2, 0.25) is 0 Å². The van der Waals surface area contributed by atoms with Gasteiger partial charge in [-0.25, -0.2) is 0 Å². The van der Waals surface area contributed by atoms with Gasteiger partial charge >= 0.3 is 0 Å². The minimum Gasteiger partial charge on any atom is -0.488 e. The highest BCUT2D eigenvalue weighted by Crippen LogP contribution is 2.24. The third-order valence-electron chi connectivity index (χ3n) is 4.05. The van der Waals surface area contributed by atoms with Gasteiger partial charge in [0.15, 0.2) is 0 Å². The molecule has 25 heavy (non-hydrogen) atoms. The quantitative estimate of drug-likeness (QED) is 0.459. The molecule has 0 aliphatic heterocycles. The van der Waals surface area contributed by atoms with Crippen molar-refractivity contribution in [1.82, 2.24) is 0 Å². The lowest BCUT2D eigenvalue weighted by molar-refractivity contribution is 0.306. The van der Waals surface area contributed by atoms with Gasteiger partial charge in [-0.3, -0.25) is 4.99 Å². The molecular formula is C22H20BrNO. The second kappa shape index (κ2) is 8.13. The van der Waals surface area contributed by atoms with E-state index >= 15 is 0 Å². The number of benzene rings is 3. The summed E-state index contributed by atoms with van der Waals surface area (Å²) in [7, 11) is 0. The van der Waals surface area contributed by atoms with Crippen LogP contribution in [0.2, 0.25) is 0 Å². The molecule has 0 saturated heterocycles. The number of rotatable bonds is 5. The highest BCUT2D eigenvalue weighted by molar-refractivity contribution is 9.10. The molecule has 0 aliphatic carbocycles. The smallest absolute Gasteiger partial charge is 0.128 e. The summed E-state index contributed by atoms with van der Waals surface area (Å²) in [5.74, 6) is 0.819. The molecule has 126 valence electrons. The summed E-state index contributed by atoms with van der Waals surface area (Å²) in [5.41, 5.74) is 5.54. The van der Waals surface area contributed by atoms with Gasteiger partial charge in [-0.15, -0.1) is 0 Å². The van der Waals surface area contributed by atoms with Crippen molar-refractivity contribution in [3.8, 4) is 5.75 Å².